The predicted molar refractivity (Wildman–Crippen MR) is 79.0 cm³/mol. The van der Waals surface area contributed by atoms with E-state index in [1.807, 2.05) is 47.3 Å². The fourth-order valence-electron chi connectivity index (χ4n) is 2.08. The lowest BCUT2D eigenvalue weighted by Gasteiger charge is -2.07. The molecule has 0 atom stereocenters. The van der Waals surface area contributed by atoms with Crippen molar-refractivity contribution in [2.24, 2.45) is 0 Å². The van der Waals surface area contributed by atoms with Crippen molar-refractivity contribution in [2.45, 2.75) is 19.9 Å². The number of rotatable bonds is 5. The van der Waals surface area contributed by atoms with Crippen molar-refractivity contribution in [3.63, 3.8) is 0 Å². The molecule has 0 aliphatic heterocycles. The molecule has 2 heterocycles. The molecule has 102 valence electrons. The summed E-state index contributed by atoms with van der Waals surface area (Å²) in [6.07, 6.45) is 4.63. The summed E-state index contributed by atoms with van der Waals surface area (Å²) in [5.74, 6) is 1.97. The zero-order valence-electron chi connectivity index (χ0n) is 11.4. The van der Waals surface area contributed by atoms with Crippen molar-refractivity contribution in [3.05, 3.63) is 66.4 Å². The van der Waals surface area contributed by atoms with Gasteiger partial charge in [0.1, 0.15) is 11.5 Å². The maximum atomic E-state index is 5.68. The average molecular weight is 267 g/mol. The van der Waals surface area contributed by atoms with E-state index in [0.717, 1.165) is 29.3 Å². The number of aryl methyl sites for hydroxylation is 1. The smallest absolute Gasteiger partial charge is 0.123 e. The Labute approximate surface area is 118 Å². The molecule has 0 spiro atoms. The summed E-state index contributed by atoms with van der Waals surface area (Å²) in [7, 11) is 0. The molecule has 20 heavy (non-hydrogen) atoms. The van der Waals surface area contributed by atoms with Crippen molar-refractivity contribution in [1.82, 2.24) is 9.78 Å². The molecule has 4 heteroatoms. The van der Waals surface area contributed by atoms with E-state index in [4.69, 9.17) is 4.42 Å². The van der Waals surface area contributed by atoms with Crippen LogP contribution in [-0.2, 0) is 13.0 Å². The molecular weight excluding hydrogens is 250 g/mol. The number of hydrogen-bond acceptors (Lipinski definition) is 3. The standard InChI is InChI=1S/C16H17N3O/c1-2-15-7-8-16(20-15)12-17-13-5-3-6-14(11-13)19-10-4-9-18-19/h3-11,17H,2,12H2,1H3. The SMILES string of the molecule is CCc1ccc(CNc2cccc(-n3cccn3)c2)o1. The molecule has 3 aromatic rings. The van der Waals surface area contributed by atoms with Crippen LogP contribution in [0.4, 0.5) is 5.69 Å². The minimum atomic E-state index is 0.683. The van der Waals surface area contributed by atoms with Crippen LogP contribution in [0.5, 0.6) is 0 Å². The molecule has 0 saturated carbocycles. The number of hydrogen-bond donors (Lipinski definition) is 1. The number of furan rings is 1. The Balaban J connectivity index is 1.70. The molecule has 0 fully saturated rings. The molecule has 0 bridgehead atoms. The highest BCUT2D eigenvalue weighted by Gasteiger charge is 2.02. The monoisotopic (exact) mass is 267 g/mol. The molecule has 0 radical (unpaired) electrons. The minimum Gasteiger partial charge on any atom is -0.464 e. The third kappa shape index (κ3) is 2.74. The number of anilines is 1. The molecule has 4 nitrogen and oxygen atoms in total. The molecule has 0 amide bonds. The molecule has 1 N–H and O–H groups in total. The van der Waals surface area contributed by atoms with Gasteiger partial charge >= 0.3 is 0 Å². The summed E-state index contributed by atoms with van der Waals surface area (Å²) >= 11 is 0. The predicted octanol–water partition coefficient (Wildman–Crippen LogP) is 3.64. The first-order valence-corrected chi connectivity index (χ1v) is 6.76. The first-order chi connectivity index (χ1) is 9.85. The third-order valence-electron chi connectivity index (χ3n) is 3.15. The Kier molecular flexibility index (Phi) is 3.54. The highest BCUT2D eigenvalue weighted by Crippen LogP contribution is 2.16. The molecule has 2 aromatic heterocycles. The normalized spacial score (nSPS) is 10.7. The first-order valence-electron chi connectivity index (χ1n) is 6.76. The van der Waals surface area contributed by atoms with E-state index in [2.05, 4.69) is 23.4 Å². The largest absolute Gasteiger partial charge is 0.464 e. The van der Waals surface area contributed by atoms with Crippen LogP contribution in [0.25, 0.3) is 5.69 Å². The minimum absolute atomic E-state index is 0.683. The first kappa shape index (κ1) is 12.5. The summed E-state index contributed by atoms with van der Waals surface area (Å²) in [6.45, 7) is 2.77. The number of benzene rings is 1. The van der Waals surface area contributed by atoms with Crippen LogP contribution < -0.4 is 5.32 Å². The Morgan fingerprint density at radius 1 is 1.15 bits per heavy atom. The van der Waals surface area contributed by atoms with E-state index >= 15 is 0 Å². The maximum absolute atomic E-state index is 5.68. The third-order valence-corrected chi connectivity index (χ3v) is 3.15. The lowest BCUT2D eigenvalue weighted by Crippen LogP contribution is -2.00. The van der Waals surface area contributed by atoms with Crippen LogP contribution in [0.3, 0.4) is 0 Å². The van der Waals surface area contributed by atoms with E-state index in [1.165, 1.54) is 0 Å². The summed E-state index contributed by atoms with van der Waals surface area (Å²) in [6, 6.07) is 14.1. The van der Waals surface area contributed by atoms with Crippen molar-refractivity contribution in [2.75, 3.05) is 5.32 Å². The van der Waals surface area contributed by atoms with Gasteiger partial charge in [-0.15, -0.1) is 0 Å². The van der Waals surface area contributed by atoms with Gasteiger partial charge in [-0.2, -0.15) is 5.10 Å². The quantitative estimate of drug-likeness (QED) is 0.767. The lowest BCUT2D eigenvalue weighted by atomic mass is 10.2. The number of nitrogens with zero attached hydrogens (tertiary/aromatic N) is 2. The Bertz CT molecular complexity index is 671. The van der Waals surface area contributed by atoms with Gasteiger partial charge in [0, 0.05) is 24.5 Å². The van der Waals surface area contributed by atoms with Gasteiger partial charge in [-0.05, 0) is 36.4 Å². The second-order valence-electron chi connectivity index (χ2n) is 4.58. The second-order valence-corrected chi connectivity index (χ2v) is 4.58. The Morgan fingerprint density at radius 2 is 2.05 bits per heavy atom. The van der Waals surface area contributed by atoms with E-state index < -0.39 is 0 Å². The van der Waals surface area contributed by atoms with Gasteiger partial charge in [-0.3, -0.25) is 0 Å². The van der Waals surface area contributed by atoms with Crippen molar-refractivity contribution in [1.29, 1.82) is 0 Å². The topological polar surface area (TPSA) is 43.0 Å². The highest BCUT2D eigenvalue weighted by molar-refractivity contribution is 5.50. The summed E-state index contributed by atoms with van der Waals surface area (Å²) in [5, 5.41) is 7.60. The zero-order valence-corrected chi connectivity index (χ0v) is 11.4. The molecule has 0 unspecified atom stereocenters. The van der Waals surface area contributed by atoms with Gasteiger partial charge in [-0.25, -0.2) is 4.68 Å². The fraction of sp³-hybridized carbons (Fsp3) is 0.188. The molecule has 0 saturated heterocycles. The van der Waals surface area contributed by atoms with E-state index in [9.17, 15) is 0 Å². The summed E-state index contributed by atoms with van der Waals surface area (Å²) in [5.41, 5.74) is 2.08. The fourth-order valence-corrected chi connectivity index (χ4v) is 2.08. The van der Waals surface area contributed by atoms with Crippen LogP contribution in [0.2, 0.25) is 0 Å². The molecule has 1 aromatic carbocycles. The second kappa shape index (κ2) is 5.65. The Morgan fingerprint density at radius 3 is 2.80 bits per heavy atom. The van der Waals surface area contributed by atoms with Gasteiger partial charge in [0.2, 0.25) is 0 Å². The van der Waals surface area contributed by atoms with Gasteiger partial charge < -0.3 is 9.73 Å². The number of nitrogens with one attached hydrogen (secondary N) is 1. The van der Waals surface area contributed by atoms with Crippen LogP contribution in [0.1, 0.15) is 18.4 Å². The van der Waals surface area contributed by atoms with Gasteiger partial charge in [-0.1, -0.05) is 13.0 Å². The van der Waals surface area contributed by atoms with Gasteiger partial charge in [0.15, 0.2) is 0 Å². The molecule has 0 aliphatic rings. The zero-order chi connectivity index (χ0) is 13.8. The van der Waals surface area contributed by atoms with E-state index in [1.54, 1.807) is 6.20 Å². The van der Waals surface area contributed by atoms with Gasteiger partial charge in [0.05, 0.1) is 12.2 Å². The van der Waals surface area contributed by atoms with Crippen LogP contribution >= 0.6 is 0 Å². The molecular formula is C16H17N3O. The van der Waals surface area contributed by atoms with Crippen molar-refractivity contribution >= 4 is 5.69 Å². The van der Waals surface area contributed by atoms with E-state index in [-0.39, 0.29) is 0 Å². The van der Waals surface area contributed by atoms with Crippen LogP contribution in [0.15, 0.2) is 59.3 Å². The average Bonchev–Trinajstić information content (AvgIpc) is 3.17. The molecule has 0 aliphatic carbocycles. The number of aromatic nitrogens is 2. The van der Waals surface area contributed by atoms with Crippen molar-refractivity contribution < 1.29 is 4.42 Å². The molecule has 3 rings (SSSR count). The lowest BCUT2D eigenvalue weighted by molar-refractivity contribution is 0.476. The summed E-state index contributed by atoms with van der Waals surface area (Å²) < 4.78 is 7.52. The van der Waals surface area contributed by atoms with Gasteiger partial charge in [0.25, 0.3) is 0 Å². The Hall–Kier alpha value is -2.49. The van der Waals surface area contributed by atoms with Crippen LogP contribution in [-0.4, -0.2) is 9.78 Å². The maximum Gasteiger partial charge on any atom is 0.123 e. The highest BCUT2D eigenvalue weighted by atomic mass is 16.3. The van der Waals surface area contributed by atoms with E-state index in [0.29, 0.717) is 6.54 Å². The van der Waals surface area contributed by atoms with Crippen LogP contribution in [0, 0.1) is 0 Å². The van der Waals surface area contributed by atoms with Crippen molar-refractivity contribution in [3.8, 4) is 5.69 Å². The summed E-state index contributed by atoms with van der Waals surface area (Å²) in [4.78, 5) is 0.